The number of carbonyl (C=O) groups excluding carboxylic acids is 1. The highest BCUT2D eigenvalue weighted by molar-refractivity contribution is 5.87. The molecule has 0 spiro atoms. The minimum Gasteiger partial charge on any atom is -0.351 e. The number of aromatic nitrogens is 4. The molecular weight excluding hydrogens is 507 g/mol. The van der Waals surface area contributed by atoms with Gasteiger partial charge in [0.25, 0.3) is 0 Å². The number of hydrogen-bond donors (Lipinski definition) is 2. The molecule has 1 saturated carbocycles. The fourth-order valence-corrected chi connectivity index (χ4v) is 5.81. The molecule has 0 bridgehead atoms. The minimum absolute atomic E-state index is 0.00588. The predicted octanol–water partition coefficient (Wildman–Crippen LogP) is 4.48. The van der Waals surface area contributed by atoms with Crippen LogP contribution in [0.15, 0.2) is 42.5 Å². The van der Waals surface area contributed by atoms with Crippen molar-refractivity contribution >= 4 is 5.91 Å². The van der Waals surface area contributed by atoms with E-state index in [-0.39, 0.29) is 29.8 Å². The van der Waals surface area contributed by atoms with Gasteiger partial charge in [-0.25, -0.2) is 8.78 Å². The summed E-state index contributed by atoms with van der Waals surface area (Å²) in [5.74, 6) is -1.14. The van der Waals surface area contributed by atoms with Gasteiger partial charge in [0, 0.05) is 12.6 Å². The Balaban J connectivity index is 1.26. The second kappa shape index (κ2) is 10.4. The lowest BCUT2D eigenvalue weighted by atomic mass is 9.83. The van der Waals surface area contributed by atoms with E-state index >= 15 is 0 Å². The number of rotatable bonds is 6. The molecule has 3 aromatic rings. The smallest absolute Gasteiger partial charge is 0.351 e. The topological polar surface area (TPSA) is 86.8 Å². The van der Waals surface area contributed by atoms with E-state index in [9.17, 15) is 26.7 Å². The van der Waals surface area contributed by atoms with Crippen LogP contribution >= 0.6 is 0 Å². The van der Waals surface area contributed by atoms with Crippen molar-refractivity contribution in [2.24, 2.45) is 0 Å². The summed E-state index contributed by atoms with van der Waals surface area (Å²) in [5, 5.41) is 16.9. The van der Waals surface area contributed by atoms with Gasteiger partial charge in [-0.3, -0.25) is 4.79 Å². The summed E-state index contributed by atoms with van der Waals surface area (Å²) >= 11 is 0. The van der Waals surface area contributed by atoms with E-state index in [0.717, 1.165) is 43.6 Å². The summed E-state index contributed by atoms with van der Waals surface area (Å²) in [4.78, 5) is 15.8. The third-order valence-corrected chi connectivity index (χ3v) is 7.82. The predicted molar refractivity (Wildman–Crippen MR) is 127 cm³/mol. The minimum atomic E-state index is -4.70. The molecule has 2 fully saturated rings. The van der Waals surface area contributed by atoms with Crippen LogP contribution in [-0.4, -0.2) is 50.6 Å². The first kappa shape index (κ1) is 26.2. The van der Waals surface area contributed by atoms with Crippen LogP contribution in [0.3, 0.4) is 0 Å². The van der Waals surface area contributed by atoms with Crippen molar-refractivity contribution in [3.8, 4) is 0 Å². The Bertz CT molecular complexity index is 1260. The number of aromatic amines is 1. The average molecular weight is 535 g/mol. The number of nitrogens with zero attached hydrogens (tertiary/aromatic N) is 4. The van der Waals surface area contributed by atoms with Crippen LogP contribution in [0.4, 0.5) is 22.0 Å². The second-order valence-electron chi connectivity index (χ2n) is 10.1. The number of likely N-dealkylation sites (tertiary alicyclic amines) is 1. The fourth-order valence-electron chi connectivity index (χ4n) is 5.81. The molecule has 1 aliphatic heterocycles. The molecule has 2 N–H and O–H groups in total. The van der Waals surface area contributed by atoms with Crippen molar-refractivity contribution in [3.05, 3.63) is 76.6 Å². The first-order chi connectivity index (χ1) is 18.1. The van der Waals surface area contributed by atoms with Gasteiger partial charge in [0.1, 0.15) is 17.0 Å². The quantitative estimate of drug-likeness (QED) is 0.456. The van der Waals surface area contributed by atoms with Crippen LogP contribution in [0.5, 0.6) is 0 Å². The van der Waals surface area contributed by atoms with Crippen LogP contribution in [0, 0.1) is 11.6 Å². The number of alkyl halides is 3. The number of nitrogens with one attached hydrogen (secondary N) is 2. The van der Waals surface area contributed by atoms with Gasteiger partial charge in [0.15, 0.2) is 5.82 Å². The van der Waals surface area contributed by atoms with E-state index in [2.05, 4.69) is 30.8 Å². The second-order valence-corrected chi connectivity index (χ2v) is 10.1. The highest BCUT2D eigenvalue weighted by Crippen LogP contribution is 2.43. The summed E-state index contributed by atoms with van der Waals surface area (Å²) in [6.45, 7) is 1.37. The molecule has 1 saturated heterocycles. The van der Waals surface area contributed by atoms with E-state index in [0.29, 0.717) is 31.2 Å². The number of tetrazole rings is 1. The molecule has 7 nitrogen and oxygen atoms in total. The van der Waals surface area contributed by atoms with Gasteiger partial charge in [-0.15, -0.1) is 10.2 Å². The zero-order valence-corrected chi connectivity index (χ0v) is 20.4. The lowest BCUT2D eigenvalue weighted by Crippen LogP contribution is -2.46. The molecule has 38 heavy (non-hydrogen) atoms. The molecule has 2 unspecified atom stereocenters. The number of carbonyl (C=O) groups is 1. The largest absolute Gasteiger partial charge is 0.416 e. The Morgan fingerprint density at radius 3 is 2.45 bits per heavy atom. The number of H-pyrrole nitrogens is 1. The van der Waals surface area contributed by atoms with E-state index in [4.69, 9.17) is 0 Å². The highest BCUT2D eigenvalue weighted by Gasteiger charge is 2.51. The molecule has 2 atom stereocenters. The van der Waals surface area contributed by atoms with Crippen molar-refractivity contribution in [2.75, 3.05) is 13.1 Å². The molecule has 0 radical (unpaired) electrons. The Kier molecular flexibility index (Phi) is 7.17. The van der Waals surface area contributed by atoms with E-state index < -0.39 is 28.9 Å². The molecule has 2 aliphatic rings. The van der Waals surface area contributed by atoms with Crippen LogP contribution in [0.25, 0.3) is 0 Å². The van der Waals surface area contributed by atoms with Crippen molar-refractivity contribution in [2.45, 2.75) is 62.2 Å². The Morgan fingerprint density at radius 1 is 1.05 bits per heavy atom. The molecule has 1 aliphatic carbocycles. The molecular formula is C26H27F5N6O. The van der Waals surface area contributed by atoms with Gasteiger partial charge >= 0.3 is 6.18 Å². The van der Waals surface area contributed by atoms with Crippen molar-refractivity contribution < 1.29 is 26.7 Å². The van der Waals surface area contributed by atoms with Gasteiger partial charge in [-0.2, -0.15) is 18.4 Å². The molecule has 2 heterocycles. The molecule has 1 aromatic heterocycles. The van der Waals surface area contributed by atoms with E-state index in [1.54, 1.807) is 0 Å². The number of piperidine rings is 1. The summed E-state index contributed by atoms with van der Waals surface area (Å²) in [7, 11) is 0. The maximum Gasteiger partial charge on any atom is 0.416 e. The van der Waals surface area contributed by atoms with Crippen LogP contribution < -0.4 is 5.32 Å². The lowest BCUT2D eigenvalue weighted by Gasteiger charge is -2.37. The summed E-state index contributed by atoms with van der Waals surface area (Å²) in [6, 6.07) is 8.91. The monoisotopic (exact) mass is 534 g/mol. The summed E-state index contributed by atoms with van der Waals surface area (Å²) < 4.78 is 66.4. The molecule has 2 aromatic carbocycles. The zero-order chi connectivity index (χ0) is 26.9. The van der Waals surface area contributed by atoms with Crippen molar-refractivity contribution in [3.63, 3.8) is 0 Å². The fraction of sp³-hybridized carbons (Fsp3) is 0.462. The highest BCUT2D eigenvalue weighted by atomic mass is 19.4. The van der Waals surface area contributed by atoms with E-state index in [1.165, 1.54) is 12.1 Å². The number of benzene rings is 2. The van der Waals surface area contributed by atoms with Crippen molar-refractivity contribution in [1.82, 2.24) is 30.8 Å². The molecule has 202 valence electrons. The van der Waals surface area contributed by atoms with Gasteiger partial charge < -0.3 is 10.2 Å². The van der Waals surface area contributed by atoms with Gasteiger partial charge in [0.2, 0.25) is 5.91 Å². The number of halogens is 5. The first-order valence-electron chi connectivity index (χ1n) is 12.5. The molecule has 12 heteroatoms. The summed E-state index contributed by atoms with van der Waals surface area (Å²) in [5.41, 5.74) is -1.10. The maximum atomic E-state index is 13.8. The Morgan fingerprint density at radius 2 is 1.79 bits per heavy atom. The molecule has 1 amide bonds. The average Bonchev–Trinajstić information content (AvgIpc) is 3.59. The maximum absolute atomic E-state index is 13.8. The Hall–Kier alpha value is -3.41. The summed E-state index contributed by atoms with van der Waals surface area (Å²) in [6.07, 6.45) is -1.30. The van der Waals surface area contributed by atoms with Crippen LogP contribution in [0.1, 0.15) is 60.5 Å². The van der Waals surface area contributed by atoms with Crippen molar-refractivity contribution in [1.29, 1.82) is 0 Å². The standard InChI is InChI=1S/C26H27F5N6O/c27-20-3-1-17(2-4-20)18-6-9-37(10-7-18)22-5-8-25(14-22,23-33-35-36-34-23)24(38)32-15-16-11-19(26(29,30)31)13-21(28)12-16/h1-4,11-13,18,22H,5-10,14-15H2,(H,32,38)(H,33,34,35,36). The lowest BCUT2D eigenvalue weighted by molar-refractivity contribution is -0.137. The third-order valence-electron chi connectivity index (χ3n) is 7.82. The Labute approximate surface area is 215 Å². The SMILES string of the molecule is O=C(NCc1cc(F)cc(C(F)(F)F)c1)C1(c2nn[nH]n2)CCC(N2CCC(c3ccc(F)cc3)CC2)C1. The normalized spacial score (nSPS) is 23.0. The molecule has 5 rings (SSSR count). The first-order valence-corrected chi connectivity index (χ1v) is 12.5. The van der Waals surface area contributed by atoms with Gasteiger partial charge in [0.05, 0.1) is 5.56 Å². The van der Waals surface area contributed by atoms with Crippen LogP contribution in [-0.2, 0) is 22.9 Å². The number of hydrogen-bond acceptors (Lipinski definition) is 5. The van der Waals surface area contributed by atoms with Crippen LogP contribution in [0.2, 0.25) is 0 Å². The van der Waals surface area contributed by atoms with E-state index in [1.807, 2.05) is 12.1 Å². The number of amides is 1. The third kappa shape index (κ3) is 5.40. The zero-order valence-electron chi connectivity index (χ0n) is 20.4. The van der Waals surface area contributed by atoms with Gasteiger partial charge in [-0.05, 0) is 92.6 Å². The van der Waals surface area contributed by atoms with Gasteiger partial charge in [-0.1, -0.05) is 17.3 Å².